The smallest absolute Gasteiger partial charge is 0.331 e. The molecular weight excluding hydrogens is 442 g/mol. The molecule has 7 nitrogen and oxygen atoms in total. The molecule has 0 aromatic heterocycles. The van der Waals surface area contributed by atoms with Crippen molar-refractivity contribution in [2.75, 3.05) is 31.0 Å². The Labute approximate surface area is 204 Å². The molecule has 0 aliphatic carbocycles. The first-order valence-electron chi connectivity index (χ1n) is 11.5. The molecule has 0 spiro atoms. The van der Waals surface area contributed by atoms with Crippen LogP contribution in [0.15, 0.2) is 84.9 Å². The van der Waals surface area contributed by atoms with Crippen molar-refractivity contribution in [1.29, 1.82) is 0 Å². The molecule has 3 aromatic carbocycles. The van der Waals surface area contributed by atoms with Crippen molar-refractivity contribution in [3.63, 3.8) is 0 Å². The number of ether oxygens (including phenoxy) is 1. The third kappa shape index (κ3) is 3.42. The largest absolute Gasteiger partial charge is 0.467 e. The fraction of sp³-hybridized carbons (Fsp3) is 0.250. The molecule has 2 heterocycles. The van der Waals surface area contributed by atoms with Gasteiger partial charge in [-0.15, -0.1) is 0 Å². The van der Waals surface area contributed by atoms with E-state index in [0.717, 1.165) is 11.3 Å². The summed E-state index contributed by atoms with van der Waals surface area (Å²) in [6.07, 6.45) is 0. The third-order valence-electron chi connectivity index (χ3n) is 7.08. The zero-order chi connectivity index (χ0) is 24.7. The number of hydrogen-bond donors (Lipinski definition) is 1. The van der Waals surface area contributed by atoms with Crippen LogP contribution < -0.4 is 15.1 Å². The second-order valence-electron chi connectivity index (χ2n) is 9.12. The summed E-state index contributed by atoms with van der Waals surface area (Å²) in [5.41, 5.74) is 1.39. The van der Waals surface area contributed by atoms with Gasteiger partial charge in [-0.1, -0.05) is 60.7 Å². The van der Waals surface area contributed by atoms with E-state index in [4.69, 9.17) is 4.74 Å². The normalized spacial score (nSPS) is 25.5. The number of esters is 1. The molecule has 2 aliphatic heterocycles. The lowest BCUT2D eigenvalue weighted by Gasteiger charge is -2.33. The molecule has 4 unspecified atom stereocenters. The van der Waals surface area contributed by atoms with Gasteiger partial charge in [0.25, 0.3) is 0 Å². The Morgan fingerprint density at radius 1 is 0.886 bits per heavy atom. The van der Waals surface area contributed by atoms with Crippen LogP contribution in [0.25, 0.3) is 0 Å². The van der Waals surface area contributed by atoms with E-state index < -0.39 is 35.3 Å². The van der Waals surface area contributed by atoms with Crippen LogP contribution in [0.2, 0.25) is 0 Å². The van der Waals surface area contributed by atoms with Gasteiger partial charge in [0.15, 0.2) is 5.54 Å². The van der Waals surface area contributed by atoms with Crippen molar-refractivity contribution >= 4 is 29.2 Å². The quantitative estimate of drug-likeness (QED) is 0.457. The van der Waals surface area contributed by atoms with Gasteiger partial charge in [0, 0.05) is 25.8 Å². The second-order valence-corrected chi connectivity index (χ2v) is 9.12. The highest BCUT2D eigenvalue weighted by molar-refractivity contribution is 6.24. The number of imide groups is 1. The lowest BCUT2D eigenvalue weighted by Crippen LogP contribution is -2.53. The average Bonchev–Trinajstić information content (AvgIpc) is 3.39. The summed E-state index contributed by atoms with van der Waals surface area (Å²) in [4.78, 5) is 44.6. The zero-order valence-electron chi connectivity index (χ0n) is 19.8. The van der Waals surface area contributed by atoms with E-state index in [9.17, 15) is 14.4 Å². The first-order valence-corrected chi connectivity index (χ1v) is 11.5. The summed E-state index contributed by atoms with van der Waals surface area (Å²) < 4.78 is 5.27. The van der Waals surface area contributed by atoms with Crippen LogP contribution in [0, 0.1) is 11.8 Å². The molecule has 2 amide bonds. The summed E-state index contributed by atoms with van der Waals surface area (Å²) in [6, 6.07) is 25.1. The summed E-state index contributed by atoms with van der Waals surface area (Å²) >= 11 is 0. The molecule has 0 bridgehead atoms. The van der Waals surface area contributed by atoms with Crippen molar-refractivity contribution in [2.24, 2.45) is 11.8 Å². The van der Waals surface area contributed by atoms with Crippen LogP contribution in [0.3, 0.4) is 0 Å². The molecule has 178 valence electrons. The van der Waals surface area contributed by atoms with E-state index >= 15 is 0 Å². The average molecular weight is 470 g/mol. The number of nitrogens with one attached hydrogen (secondary N) is 1. The topological polar surface area (TPSA) is 79.0 Å². The third-order valence-corrected chi connectivity index (χ3v) is 7.08. The first kappa shape index (κ1) is 22.8. The number of rotatable bonds is 5. The molecular formula is C28H27N3O4. The molecule has 2 aliphatic rings. The minimum Gasteiger partial charge on any atom is -0.467 e. The molecule has 0 radical (unpaired) electrons. The van der Waals surface area contributed by atoms with E-state index in [2.05, 4.69) is 5.32 Å². The minimum atomic E-state index is -1.51. The van der Waals surface area contributed by atoms with E-state index in [1.807, 2.05) is 67.5 Å². The maximum absolute atomic E-state index is 14.0. The number of benzene rings is 3. The molecule has 3 aromatic rings. The molecule has 4 atom stereocenters. The van der Waals surface area contributed by atoms with Gasteiger partial charge in [-0.05, 0) is 35.4 Å². The van der Waals surface area contributed by atoms with Gasteiger partial charge in [0.05, 0.1) is 24.6 Å². The van der Waals surface area contributed by atoms with Gasteiger partial charge >= 0.3 is 5.97 Å². The fourth-order valence-corrected chi connectivity index (χ4v) is 5.44. The Balaban J connectivity index is 1.70. The number of methoxy groups -OCH3 is 1. The highest BCUT2D eigenvalue weighted by Crippen LogP contribution is 2.54. The van der Waals surface area contributed by atoms with Crippen molar-refractivity contribution in [2.45, 2.75) is 11.6 Å². The molecule has 2 saturated heterocycles. The van der Waals surface area contributed by atoms with Crippen LogP contribution in [-0.2, 0) is 24.7 Å². The molecule has 7 heteroatoms. The number of nitrogens with zero attached hydrogens (tertiary/aromatic N) is 2. The number of fused-ring (bicyclic) bond motifs is 1. The lowest BCUT2D eigenvalue weighted by atomic mass is 9.75. The van der Waals surface area contributed by atoms with Gasteiger partial charge < -0.3 is 9.64 Å². The van der Waals surface area contributed by atoms with Crippen LogP contribution >= 0.6 is 0 Å². The Hall–Kier alpha value is -3.97. The molecule has 0 saturated carbocycles. The maximum Gasteiger partial charge on any atom is 0.331 e. The Bertz CT molecular complexity index is 1260. The second kappa shape index (κ2) is 8.67. The number of carbonyl (C=O) groups excluding carboxylic acids is 3. The Morgan fingerprint density at radius 3 is 2.06 bits per heavy atom. The Kier molecular flexibility index (Phi) is 5.65. The maximum atomic E-state index is 14.0. The predicted octanol–water partition coefficient (Wildman–Crippen LogP) is 3.27. The van der Waals surface area contributed by atoms with Gasteiger partial charge in [-0.2, -0.15) is 0 Å². The van der Waals surface area contributed by atoms with Gasteiger partial charge in [-0.3, -0.25) is 14.9 Å². The van der Waals surface area contributed by atoms with Crippen LogP contribution in [0.5, 0.6) is 0 Å². The van der Waals surface area contributed by atoms with Crippen LogP contribution in [-0.4, -0.2) is 39.0 Å². The monoisotopic (exact) mass is 469 g/mol. The minimum absolute atomic E-state index is 0.331. The van der Waals surface area contributed by atoms with Crippen LogP contribution in [0.4, 0.5) is 11.4 Å². The predicted molar refractivity (Wildman–Crippen MR) is 133 cm³/mol. The zero-order valence-corrected chi connectivity index (χ0v) is 19.8. The molecule has 2 fully saturated rings. The fourth-order valence-electron chi connectivity index (χ4n) is 5.44. The first-order chi connectivity index (χ1) is 16.9. The number of amides is 2. The van der Waals surface area contributed by atoms with Gasteiger partial charge in [0.2, 0.25) is 11.8 Å². The van der Waals surface area contributed by atoms with Crippen molar-refractivity contribution in [3.05, 3.63) is 96.1 Å². The molecule has 35 heavy (non-hydrogen) atoms. The van der Waals surface area contributed by atoms with Crippen molar-refractivity contribution in [1.82, 2.24) is 5.32 Å². The molecule has 5 rings (SSSR count). The SMILES string of the molecule is COC(=O)C1(c2ccccc2)NC(c2ccc(N(C)C)cc2)C2C(=O)N(c3ccccc3)C(=O)C21. The van der Waals surface area contributed by atoms with Gasteiger partial charge in [0.1, 0.15) is 0 Å². The summed E-state index contributed by atoms with van der Waals surface area (Å²) in [6.45, 7) is 0. The van der Waals surface area contributed by atoms with Crippen LogP contribution in [0.1, 0.15) is 17.2 Å². The van der Waals surface area contributed by atoms with Gasteiger partial charge in [-0.25, -0.2) is 9.69 Å². The Morgan fingerprint density at radius 2 is 1.49 bits per heavy atom. The van der Waals surface area contributed by atoms with Crippen molar-refractivity contribution in [3.8, 4) is 0 Å². The number of para-hydroxylation sites is 1. The standard InChI is InChI=1S/C28H27N3O4/c1-30(2)20-16-14-18(15-17-20)24-22-23(26(33)31(25(22)32)21-12-8-5-9-13-21)28(29-24,27(34)35-3)19-10-6-4-7-11-19/h4-17,22-24,29H,1-3H3. The number of carbonyl (C=O) groups is 3. The summed E-state index contributed by atoms with van der Waals surface area (Å²) in [5.74, 6) is -3.10. The van der Waals surface area contributed by atoms with E-state index in [0.29, 0.717) is 11.3 Å². The number of hydrogen-bond acceptors (Lipinski definition) is 6. The lowest BCUT2D eigenvalue weighted by molar-refractivity contribution is -0.152. The van der Waals surface area contributed by atoms with E-state index in [1.165, 1.54) is 12.0 Å². The van der Waals surface area contributed by atoms with E-state index in [-0.39, 0.29) is 5.91 Å². The summed E-state index contributed by atoms with van der Waals surface area (Å²) in [5, 5.41) is 3.41. The van der Waals surface area contributed by atoms with E-state index in [1.54, 1.807) is 36.4 Å². The molecule has 1 N–H and O–H groups in total. The summed E-state index contributed by atoms with van der Waals surface area (Å²) in [7, 11) is 5.21. The highest BCUT2D eigenvalue weighted by atomic mass is 16.5. The van der Waals surface area contributed by atoms with Crippen molar-refractivity contribution < 1.29 is 19.1 Å². The highest BCUT2D eigenvalue weighted by Gasteiger charge is 2.69. The number of anilines is 2.